The van der Waals surface area contributed by atoms with Crippen molar-refractivity contribution < 1.29 is 35.5 Å². The van der Waals surface area contributed by atoms with Crippen molar-refractivity contribution in [2.75, 3.05) is 12.3 Å². The summed E-state index contributed by atoms with van der Waals surface area (Å²) in [6.45, 7) is 0.689. The zero-order chi connectivity index (χ0) is 22.9. The van der Waals surface area contributed by atoms with E-state index in [1.807, 2.05) is 0 Å². The van der Waals surface area contributed by atoms with E-state index in [0.717, 1.165) is 43.3 Å². The number of benzene rings is 1. The average Bonchev–Trinajstić information content (AvgIpc) is 3.40. The van der Waals surface area contributed by atoms with E-state index in [9.17, 15) is 21.6 Å². The molecule has 1 fully saturated rings. The van der Waals surface area contributed by atoms with Gasteiger partial charge in [0.25, 0.3) is 5.89 Å². The van der Waals surface area contributed by atoms with Crippen molar-refractivity contribution in [3.05, 3.63) is 42.4 Å². The monoisotopic (exact) mass is 470 g/mol. The van der Waals surface area contributed by atoms with E-state index in [-0.39, 0.29) is 33.2 Å². The van der Waals surface area contributed by atoms with Gasteiger partial charge >= 0.3 is 6.36 Å². The zero-order valence-corrected chi connectivity index (χ0v) is 17.2. The van der Waals surface area contributed by atoms with Crippen LogP contribution in [0, 0.1) is 0 Å². The van der Waals surface area contributed by atoms with Crippen molar-refractivity contribution in [3.8, 4) is 17.3 Å². The van der Waals surface area contributed by atoms with Crippen LogP contribution in [0.3, 0.4) is 0 Å². The SMILES string of the molecule is Nc1cc(S(=O)(=O)c2ccc(OC(F)(F)F)cc2)cnc1-c1nnc(C[C@H]2CCCO2)o1. The van der Waals surface area contributed by atoms with Gasteiger partial charge in [-0.1, -0.05) is 0 Å². The van der Waals surface area contributed by atoms with E-state index < -0.39 is 21.9 Å². The molecule has 0 bridgehead atoms. The standard InChI is InChI=1S/C19H17F3N4O5S/c20-19(21,22)31-11-3-5-13(6-4-11)32(27,28)14-9-15(23)17(24-10-14)18-26-25-16(30-18)8-12-2-1-7-29-12/h3-6,9-10,12H,1-2,7-8,23H2/t12-/m1/s1. The number of nitrogens with zero attached hydrogens (tertiary/aromatic N) is 3. The van der Waals surface area contributed by atoms with Gasteiger partial charge in [-0.05, 0) is 43.2 Å². The van der Waals surface area contributed by atoms with Crippen LogP contribution < -0.4 is 10.5 Å². The number of ether oxygens (including phenoxy) is 2. The Bertz CT molecular complexity index is 1210. The van der Waals surface area contributed by atoms with E-state index in [1.165, 1.54) is 6.07 Å². The second kappa shape index (κ2) is 8.39. The van der Waals surface area contributed by atoms with Crippen LogP contribution in [0.15, 0.2) is 50.7 Å². The first-order chi connectivity index (χ1) is 15.1. The third-order valence-electron chi connectivity index (χ3n) is 4.67. The van der Waals surface area contributed by atoms with E-state index in [1.54, 1.807) is 0 Å². The van der Waals surface area contributed by atoms with E-state index in [0.29, 0.717) is 18.9 Å². The summed E-state index contributed by atoms with van der Waals surface area (Å²) in [5.74, 6) is -0.154. The van der Waals surface area contributed by atoms with Gasteiger partial charge in [-0.2, -0.15) is 0 Å². The van der Waals surface area contributed by atoms with E-state index in [2.05, 4.69) is 19.9 Å². The van der Waals surface area contributed by atoms with Crippen LogP contribution in [0.5, 0.6) is 5.75 Å². The highest BCUT2D eigenvalue weighted by Crippen LogP contribution is 2.30. The Hall–Kier alpha value is -3.19. The van der Waals surface area contributed by atoms with Gasteiger partial charge in [0.15, 0.2) is 5.69 Å². The molecule has 1 aliphatic rings. The topological polar surface area (TPSA) is 130 Å². The quantitative estimate of drug-likeness (QED) is 0.577. The van der Waals surface area contributed by atoms with Gasteiger partial charge in [-0.15, -0.1) is 23.4 Å². The molecule has 13 heteroatoms. The predicted octanol–water partition coefficient (Wildman–Crippen LogP) is 3.17. The molecule has 3 heterocycles. The molecular formula is C19H17F3N4O5S. The van der Waals surface area contributed by atoms with Gasteiger partial charge in [0.2, 0.25) is 15.7 Å². The largest absolute Gasteiger partial charge is 0.573 e. The molecule has 1 aliphatic heterocycles. The summed E-state index contributed by atoms with van der Waals surface area (Å²) in [7, 11) is -4.09. The molecule has 2 N–H and O–H groups in total. The first kappa shape index (κ1) is 22.0. The summed E-state index contributed by atoms with van der Waals surface area (Å²) in [6.07, 6.45) is -1.50. The van der Waals surface area contributed by atoms with Gasteiger partial charge in [-0.3, -0.25) is 0 Å². The zero-order valence-electron chi connectivity index (χ0n) is 16.4. The molecule has 4 rings (SSSR count). The van der Waals surface area contributed by atoms with Crippen molar-refractivity contribution in [3.63, 3.8) is 0 Å². The fourth-order valence-electron chi connectivity index (χ4n) is 3.18. The minimum Gasteiger partial charge on any atom is -0.419 e. The van der Waals surface area contributed by atoms with E-state index in [4.69, 9.17) is 14.9 Å². The van der Waals surface area contributed by atoms with Crippen molar-refractivity contribution in [1.29, 1.82) is 0 Å². The van der Waals surface area contributed by atoms with Crippen molar-refractivity contribution in [2.45, 2.75) is 41.5 Å². The molecule has 1 saturated heterocycles. The number of alkyl halides is 3. The van der Waals surface area contributed by atoms with Crippen LogP contribution in [0.25, 0.3) is 11.6 Å². The maximum Gasteiger partial charge on any atom is 0.573 e. The molecule has 9 nitrogen and oxygen atoms in total. The number of nitrogens with two attached hydrogens (primary N) is 1. The van der Waals surface area contributed by atoms with Gasteiger partial charge in [0.1, 0.15) is 5.75 Å². The Morgan fingerprint density at radius 3 is 2.53 bits per heavy atom. The number of aromatic nitrogens is 3. The van der Waals surface area contributed by atoms with Crippen molar-refractivity contribution in [1.82, 2.24) is 15.2 Å². The van der Waals surface area contributed by atoms with Gasteiger partial charge < -0.3 is 19.6 Å². The molecular weight excluding hydrogens is 453 g/mol. The number of nitrogen functional groups attached to an aromatic ring is 1. The summed E-state index contributed by atoms with van der Waals surface area (Å²) in [5, 5.41) is 7.86. The average molecular weight is 470 g/mol. The lowest BCUT2D eigenvalue weighted by atomic mass is 10.2. The van der Waals surface area contributed by atoms with Crippen molar-refractivity contribution in [2.24, 2.45) is 0 Å². The number of halogens is 3. The number of hydrogen-bond donors (Lipinski definition) is 1. The lowest BCUT2D eigenvalue weighted by Crippen LogP contribution is -2.17. The maximum absolute atomic E-state index is 12.8. The van der Waals surface area contributed by atoms with Gasteiger partial charge in [0, 0.05) is 12.8 Å². The molecule has 1 aromatic carbocycles. The van der Waals surface area contributed by atoms with Crippen LogP contribution in [0.4, 0.5) is 18.9 Å². The Balaban J connectivity index is 1.54. The third-order valence-corrected chi connectivity index (χ3v) is 6.40. The molecule has 0 aliphatic carbocycles. The second-order valence-corrected chi connectivity index (χ2v) is 8.92. The molecule has 0 radical (unpaired) electrons. The molecule has 0 spiro atoms. The molecule has 32 heavy (non-hydrogen) atoms. The highest BCUT2D eigenvalue weighted by Gasteiger charge is 2.31. The summed E-state index contributed by atoms with van der Waals surface area (Å²) in [6, 6.07) is 4.96. The highest BCUT2D eigenvalue weighted by molar-refractivity contribution is 7.91. The molecule has 1 atom stereocenters. The summed E-state index contributed by atoms with van der Waals surface area (Å²) >= 11 is 0. The first-order valence-corrected chi connectivity index (χ1v) is 10.9. The Morgan fingerprint density at radius 2 is 1.91 bits per heavy atom. The Labute approximate surface area is 180 Å². The number of hydrogen-bond acceptors (Lipinski definition) is 9. The summed E-state index contributed by atoms with van der Waals surface area (Å²) in [4.78, 5) is 3.55. The lowest BCUT2D eigenvalue weighted by molar-refractivity contribution is -0.274. The smallest absolute Gasteiger partial charge is 0.419 e. The van der Waals surface area contributed by atoms with Crippen LogP contribution in [-0.4, -0.2) is 42.7 Å². The minimum atomic E-state index is -4.88. The van der Waals surface area contributed by atoms with Crippen LogP contribution in [-0.2, 0) is 21.0 Å². The normalized spacial score (nSPS) is 16.9. The lowest BCUT2D eigenvalue weighted by Gasteiger charge is -2.10. The second-order valence-electron chi connectivity index (χ2n) is 6.97. The molecule has 0 saturated carbocycles. The highest BCUT2D eigenvalue weighted by atomic mass is 32.2. The fraction of sp³-hybridized carbons (Fsp3) is 0.316. The Morgan fingerprint density at radius 1 is 1.16 bits per heavy atom. The molecule has 170 valence electrons. The number of sulfone groups is 1. The number of anilines is 1. The summed E-state index contributed by atoms with van der Waals surface area (Å²) < 4.78 is 77.3. The van der Waals surface area contributed by atoms with Crippen LogP contribution in [0.2, 0.25) is 0 Å². The number of pyridine rings is 1. The maximum atomic E-state index is 12.8. The molecule has 3 aromatic rings. The number of rotatable bonds is 6. The van der Waals surface area contributed by atoms with Crippen LogP contribution in [0.1, 0.15) is 18.7 Å². The van der Waals surface area contributed by atoms with Gasteiger partial charge in [-0.25, -0.2) is 13.4 Å². The molecule has 0 amide bonds. The first-order valence-electron chi connectivity index (χ1n) is 9.42. The van der Waals surface area contributed by atoms with E-state index >= 15 is 0 Å². The molecule has 2 aromatic heterocycles. The predicted molar refractivity (Wildman–Crippen MR) is 103 cm³/mol. The van der Waals surface area contributed by atoms with Crippen molar-refractivity contribution >= 4 is 15.5 Å². The minimum absolute atomic E-state index is 0.00838. The van der Waals surface area contributed by atoms with Gasteiger partial charge in [0.05, 0.1) is 28.0 Å². The third kappa shape index (κ3) is 4.83. The summed E-state index contributed by atoms with van der Waals surface area (Å²) in [5.41, 5.74) is 6.07. The molecule has 0 unspecified atom stereocenters. The fourth-order valence-corrected chi connectivity index (χ4v) is 4.42. The van der Waals surface area contributed by atoms with Crippen LogP contribution >= 0.6 is 0 Å². The Kier molecular flexibility index (Phi) is 5.77.